The third-order valence-electron chi connectivity index (χ3n) is 15.0. The molecule has 0 aromatic heterocycles. The van der Waals surface area contributed by atoms with E-state index < -0.39 is 20.0 Å². The number of phosphoric acid groups is 1. The number of ether oxygens (including phenoxy) is 1. The Kier molecular flexibility index (Phi) is 56.7. The number of likely N-dealkylation sites (N-methyl/N-ethyl adjacent to an activating group) is 1. The van der Waals surface area contributed by atoms with E-state index >= 15 is 0 Å². The lowest BCUT2D eigenvalue weighted by Gasteiger charge is -2.30. The molecular formula is C68H129N2O7P. The molecule has 0 aliphatic heterocycles. The zero-order chi connectivity index (χ0) is 57.2. The van der Waals surface area contributed by atoms with Gasteiger partial charge < -0.3 is 28.5 Å². The molecule has 0 aliphatic rings. The standard InChI is InChI=1S/C68H129N2O7P/c1-7-10-13-16-19-22-25-27-29-30-31-32-33-34-35-36-37-38-39-40-41-43-46-49-52-55-58-61-68(72)77-66(59-56-53-50-47-44-24-21-18-15-12-9-3)65(64-76-78(73,74)75-63-62-70(4,5)6)69-67(71)60-57-54-51-48-45-42-28-26-23-20-17-14-11-8-2/h19,22,27,29,31-32,56,59,65-66H,7-18,20-21,23-26,28,30,33-55,57-58,60-64H2,1-6H3,(H-,69,71,73,74)/b22-19-,29-27-,32-31-,59-56-. The lowest BCUT2D eigenvalue weighted by molar-refractivity contribution is -0.870. The van der Waals surface area contributed by atoms with E-state index in [1.807, 2.05) is 33.3 Å². The number of amides is 1. The zero-order valence-corrected chi connectivity index (χ0v) is 53.3. The molecule has 0 heterocycles. The van der Waals surface area contributed by atoms with Crippen LogP contribution in [0.5, 0.6) is 0 Å². The summed E-state index contributed by atoms with van der Waals surface area (Å²) >= 11 is 0. The first kappa shape index (κ1) is 76.0. The van der Waals surface area contributed by atoms with Gasteiger partial charge in [0.25, 0.3) is 7.82 Å². The molecule has 0 rings (SSSR count). The Morgan fingerprint density at radius 3 is 1.19 bits per heavy atom. The van der Waals surface area contributed by atoms with Gasteiger partial charge in [0, 0.05) is 12.8 Å². The fraction of sp³-hybridized carbons (Fsp3) is 0.853. The van der Waals surface area contributed by atoms with Crippen LogP contribution in [0.25, 0.3) is 0 Å². The van der Waals surface area contributed by atoms with Crippen LogP contribution in [0.15, 0.2) is 48.6 Å². The number of allylic oxidation sites excluding steroid dienone is 7. The van der Waals surface area contributed by atoms with Gasteiger partial charge in [0.05, 0.1) is 33.8 Å². The van der Waals surface area contributed by atoms with Gasteiger partial charge in [-0.3, -0.25) is 14.2 Å². The SMILES string of the molecule is CCCCC/C=C\C/C=C\C/C=C\CCCCCCCCCCCCCCCCC(=O)OC(/C=C\CCCCCCCCCCC)C(COP(=O)([O-])OCC[N+](C)(C)C)NC(=O)CCCCCCCCCCCCCCCC. The van der Waals surface area contributed by atoms with E-state index in [4.69, 9.17) is 13.8 Å². The van der Waals surface area contributed by atoms with Crippen LogP contribution in [-0.4, -0.2) is 69.4 Å². The van der Waals surface area contributed by atoms with Crippen LogP contribution in [-0.2, 0) is 27.9 Å². The summed E-state index contributed by atoms with van der Waals surface area (Å²) < 4.78 is 30.3. The number of nitrogens with one attached hydrogen (secondary N) is 1. The number of unbranched alkanes of at least 4 members (excludes halogenated alkanes) is 39. The van der Waals surface area contributed by atoms with E-state index in [0.29, 0.717) is 17.4 Å². The van der Waals surface area contributed by atoms with Gasteiger partial charge in [0.2, 0.25) is 5.91 Å². The molecule has 10 heteroatoms. The molecule has 1 amide bonds. The zero-order valence-electron chi connectivity index (χ0n) is 52.4. The van der Waals surface area contributed by atoms with E-state index in [9.17, 15) is 19.0 Å². The van der Waals surface area contributed by atoms with Crippen molar-refractivity contribution in [1.29, 1.82) is 0 Å². The van der Waals surface area contributed by atoms with Gasteiger partial charge in [-0.25, -0.2) is 0 Å². The Morgan fingerprint density at radius 1 is 0.449 bits per heavy atom. The van der Waals surface area contributed by atoms with Crippen LogP contribution in [0, 0.1) is 0 Å². The molecule has 0 spiro atoms. The quantitative estimate of drug-likeness (QED) is 0.0212. The van der Waals surface area contributed by atoms with E-state index in [1.54, 1.807) is 0 Å². The van der Waals surface area contributed by atoms with Crippen molar-refractivity contribution in [2.75, 3.05) is 40.9 Å². The summed E-state index contributed by atoms with van der Waals surface area (Å²) in [5.41, 5.74) is 0. The first-order valence-corrected chi connectivity index (χ1v) is 34.9. The molecule has 0 bridgehead atoms. The van der Waals surface area contributed by atoms with Crippen molar-refractivity contribution in [2.45, 2.75) is 335 Å². The minimum atomic E-state index is -4.69. The monoisotopic (exact) mass is 1120 g/mol. The van der Waals surface area contributed by atoms with Crippen molar-refractivity contribution in [3.05, 3.63) is 48.6 Å². The minimum Gasteiger partial charge on any atom is -0.756 e. The predicted octanol–water partition coefficient (Wildman–Crippen LogP) is 20.2. The fourth-order valence-corrected chi connectivity index (χ4v) is 10.5. The maximum absolute atomic E-state index is 13.5. The third-order valence-corrected chi connectivity index (χ3v) is 16.0. The summed E-state index contributed by atoms with van der Waals surface area (Å²) in [7, 11) is 1.20. The molecule has 458 valence electrons. The van der Waals surface area contributed by atoms with Crippen molar-refractivity contribution >= 4 is 19.7 Å². The Labute approximate surface area is 484 Å². The van der Waals surface area contributed by atoms with Crippen molar-refractivity contribution in [1.82, 2.24) is 5.32 Å². The van der Waals surface area contributed by atoms with Crippen LogP contribution in [0.2, 0.25) is 0 Å². The van der Waals surface area contributed by atoms with Gasteiger partial charge in [-0.1, -0.05) is 288 Å². The smallest absolute Gasteiger partial charge is 0.306 e. The number of carbonyl (C=O) groups excluding carboxylic acids is 2. The number of esters is 1. The molecule has 9 nitrogen and oxygen atoms in total. The average Bonchev–Trinajstić information content (AvgIpc) is 3.40. The van der Waals surface area contributed by atoms with Crippen LogP contribution in [0.1, 0.15) is 323 Å². The van der Waals surface area contributed by atoms with Gasteiger partial charge >= 0.3 is 5.97 Å². The molecule has 0 radical (unpaired) electrons. The number of rotatable bonds is 61. The number of nitrogens with zero attached hydrogens (tertiary/aromatic N) is 1. The Bertz CT molecular complexity index is 1470. The number of hydrogen-bond donors (Lipinski definition) is 1. The highest BCUT2D eigenvalue weighted by atomic mass is 31.2. The van der Waals surface area contributed by atoms with Crippen LogP contribution in [0.4, 0.5) is 0 Å². The number of hydrogen-bond acceptors (Lipinski definition) is 7. The topological polar surface area (TPSA) is 114 Å². The predicted molar refractivity (Wildman–Crippen MR) is 335 cm³/mol. The Balaban J connectivity index is 4.98. The lowest BCUT2D eigenvalue weighted by atomic mass is 10.0. The molecule has 0 aromatic carbocycles. The Morgan fingerprint density at radius 2 is 0.782 bits per heavy atom. The largest absolute Gasteiger partial charge is 0.756 e. The summed E-state index contributed by atoms with van der Waals surface area (Å²) in [4.78, 5) is 40.0. The van der Waals surface area contributed by atoms with Crippen molar-refractivity contribution < 1.29 is 37.3 Å². The lowest BCUT2D eigenvalue weighted by Crippen LogP contribution is -2.47. The first-order valence-electron chi connectivity index (χ1n) is 33.4. The summed E-state index contributed by atoms with van der Waals surface area (Å²) in [6, 6.07) is -0.884. The first-order chi connectivity index (χ1) is 37.9. The van der Waals surface area contributed by atoms with Gasteiger partial charge in [-0.2, -0.15) is 0 Å². The second kappa shape index (κ2) is 58.2. The van der Waals surface area contributed by atoms with Crippen LogP contribution in [0.3, 0.4) is 0 Å². The molecule has 0 saturated carbocycles. The number of carbonyl (C=O) groups is 2. The van der Waals surface area contributed by atoms with Gasteiger partial charge in [0.1, 0.15) is 19.3 Å². The Hall–Kier alpha value is -2.03. The van der Waals surface area contributed by atoms with E-state index in [1.165, 1.54) is 218 Å². The third kappa shape index (κ3) is 58.6. The maximum Gasteiger partial charge on any atom is 0.306 e. The molecule has 3 unspecified atom stereocenters. The van der Waals surface area contributed by atoms with E-state index in [2.05, 4.69) is 62.5 Å². The average molecular weight is 1120 g/mol. The molecule has 78 heavy (non-hydrogen) atoms. The number of phosphoric ester groups is 1. The molecule has 3 atom stereocenters. The summed E-state index contributed by atoms with van der Waals surface area (Å²) in [5.74, 6) is -0.529. The maximum atomic E-state index is 13.5. The highest BCUT2D eigenvalue weighted by Crippen LogP contribution is 2.38. The summed E-state index contributed by atoms with van der Waals surface area (Å²) in [6.07, 6.45) is 72.3. The molecule has 0 aromatic rings. The van der Waals surface area contributed by atoms with Crippen molar-refractivity contribution in [3.63, 3.8) is 0 Å². The normalized spacial score (nSPS) is 13.9. The van der Waals surface area contributed by atoms with Crippen molar-refractivity contribution in [2.24, 2.45) is 0 Å². The van der Waals surface area contributed by atoms with Crippen LogP contribution >= 0.6 is 7.82 Å². The molecule has 0 saturated heterocycles. The highest BCUT2D eigenvalue weighted by Gasteiger charge is 2.27. The van der Waals surface area contributed by atoms with Gasteiger partial charge in [-0.15, -0.1) is 0 Å². The number of quaternary nitrogens is 1. The summed E-state index contributed by atoms with van der Waals surface area (Å²) in [6.45, 7) is 6.84. The second-order valence-electron chi connectivity index (χ2n) is 24.0. The molecule has 0 fully saturated rings. The molecular weight excluding hydrogens is 988 g/mol. The molecule has 0 aliphatic carbocycles. The van der Waals surface area contributed by atoms with Gasteiger partial charge in [-0.05, 0) is 70.3 Å². The highest BCUT2D eigenvalue weighted by molar-refractivity contribution is 7.45. The van der Waals surface area contributed by atoms with E-state index in [-0.39, 0.29) is 31.5 Å². The summed E-state index contributed by atoms with van der Waals surface area (Å²) in [5, 5.41) is 3.03. The van der Waals surface area contributed by atoms with Crippen molar-refractivity contribution in [3.8, 4) is 0 Å². The van der Waals surface area contributed by atoms with Crippen LogP contribution < -0.4 is 10.2 Å². The second-order valence-corrected chi connectivity index (χ2v) is 25.4. The molecule has 1 N–H and O–H groups in total. The minimum absolute atomic E-state index is 0.0203. The fourth-order valence-electron chi connectivity index (χ4n) is 9.83. The van der Waals surface area contributed by atoms with E-state index in [0.717, 1.165) is 70.6 Å². The van der Waals surface area contributed by atoms with Gasteiger partial charge in [0.15, 0.2) is 0 Å².